The van der Waals surface area contributed by atoms with E-state index in [9.17, 15) is 4.79 Å². The van der Waals surface area contributed by atoms with E-state index in [4.69, 9.17) is 0 Å². The molecule has 1 amide bonds. The first-order chi connectivity index (χ1) is 6.81. The standard InChI is InChI=1S/C11H20N2O/c1-3-5-7-8-9-11(14)13-12-10-6-4-2/h4,6,10H,3,5,7-9H2,1-2H3,(H,13,14)/b6-4+,12-10+. The number of hydrazone groups is 1. The second-order valence-electron chi connectivity index (χ2n) is 3.15. The molecule has 0 spiro atoms. The van der Waals surface area contributed by atoms with Crippen molar-refractivity contribution in [3.8, 4) is 0 Å². The van der Waals surface area contributed by atoms with Gasteiger partial charge in [-0.05, 0) is 19.4 Å². The largest absolute Gasteiger partial charge is 0.273 e. The summed E-state index contributed by atoms with van der Waals surface area (Å²) in [5.74, 6) is 0.00172. The number of carbonyl (C=O) groups excluding carboxylic acids is 1. The normalized spacial score (nSPS) is 11.3. The average Bonchev–Trinajstić information content (AvgIpc) is 2.19. The number of carbonyl (C=O) groups is 1. The second kappa shape index (κ2) is 9.96. The van der Waals surface area contributed by atoms with Gasteiger partial charge in [0.1, 0.15) is 0 Å². The van der Waals surface area contributed by atoms with E-state index < -0.39 is 0 Å². The van der Waals surface area contributed by atoms with Crippen LogP contribution >= 0.6 is 0 Å². The summed E-state index contributed by atoms with van der Waals surface area (Å²) in [6, 6.07) is 0. The zero-order valence-corrected chi connectivity index (χ0v) is 9.12. The van der Waals surface area contributed by atoms with E-state index in [1.165, 1.54) is 12.8 Å². The van der Waals surface area contributed by atoms with Crippen molar-refractivity contribution in [2.45, 2.75) is 46.0 Å². The number of allylic oxidation sites excluding steroid dienone is 2. The molecule has 80 valence electrons. The van der Waals surface area contributed by atoms with Crippen LogP contribution in [0.1, 0.15) is 46.0 Å². The Bertz CT molecular complexity index is 197. The highest BCUT2D eigenvalue weighted by atomic mass is 16.2. The third-order valence-corrected chi connectivity index (χ3v) is 1.80. The molecule has 0 heterocycles. The van der Waals surface area contributed by atoms with Crippen molar-refractivity contribution >= 4 is 12.1 Å². The number of hydrogen-bond acceptors (Lipinski definition) is 2. The highest BCUT2D eigenvalue weighted by Gasteiger charge is 1.97. The first kappa shape index (κ1) is 12.9. The monoisotopic (exact) mass is 196 g/mol. The van der Waals surface area contributed by atoms with E-state index in [2.05, 4.69) is 17.5 Å². The maximum Gasteiger partial charge on any atom is 0.240 e. The summed E-state index contributed by atoms with van der Waals surface area (Å²) >= 11 is 0. The van der Waals surface area contributed by atoms with Gasteiger partial charge in [-0.1, -0.05) is 32.3 Å². The molecule has 1 N–H and O–H groups in total. The van der Waals surface area contributed by atoms with E-state index in [1.807, 2.05) is 13.0 Å². The zero-order valence-electron chi connectivity index (χ0n) is 9.12. The van der Waals surface area contributed by atoms with Crippen LogP contribution in [0.4, 0.5) is 0 Å². The van der Waals surface area contributed by atoms with Crippen molar-refractivity contribution in [1.82, 2.24) is 5.43 Å². The van der Waals surface area contributed by atoms with E-state index in [-0.39, 0.29) is 5.91 Å². The molecular formula is C11H20N2O. The number of hydrogen-bond donors (Lipinski definition) is 1. The fourth-order valence-electron chi connectivity index (χ4n) is 1.01. The van der Waals surface area contributed by atoms with Gasteiger partial charge in [0.25, 0.3) is 0 Å². The Morgan fingerprint density at radius 1 is 1.36 bits per heavy atom. The minimum atomic E-state index is 0.00172. The van der Waals surface area contributed by atoms with Crippen LogP contribution in [0.15, 0.2) is 17.3 Å². The molecule has 0 aromatic carbocycles. The van der Waals surface area contributed by atoms with Gasteiger partial charge in [-0.2, -0.15) is 5.10 Å². The summed E-state index contributed by atoms with van der Waals surface area (Å²) in [6.07, 6.45) is 10.3. The summed E-state index contributed by atoms with van der Waals surface area (Å²) in [5, 5.41) is 3.75. The molecule has 14 heavy (non-hydrogen) atoms. The Labute approximate surface area is 86.3 Å². The van der Waals surface area contributed by atoms with Crippen molar-refractivity contribution in [1.29, 1.82) is 0 Å². The molecule has 0 aromatic heterocycles. The third kappa shape index (κ3) is 8.97. The minimum Gasteiger partial charge on any atom is -0.273 e. The van der Waals surface area contributed by atoms with Gasteiger partial charge in [0.15, 0.2) is 0 Å². The molecule has 0 atom stereocenters. The van der Waals surface area contributed by atoms with Gasteiger partial charge in [-0.15, -0.1) is 0 Å². The van der Waals surface area contributed by atoms with Crippen molar-refractivity contribution in [3.05, 3.63) is 12.2 Å². The lowest BCUT2D eigenvalue weighted by Crippen LogP contribution is -2.16. The van der Waals surface area contributed by atoms with E-state index in [0.717, 1.165) is 12.8 Å². The number of unbranched alkanes of at least 4 members (excludes halogenated alkanes) is 3. The molecule has 0 bridgehead atoms. The first-order valence-corrected chi connectivity index (χ1v) is 5.24. The maximum atomic E-state index is 11.1. The summed E-state index contributed by atoms with van der Waals surface area (Å²) in [7, 11) is 0. The molecule has 0 radical (unpaired) electrons. The summed E-state index contributed by atoms with van der Waals surface area (Å²) < 4.78 is 0. The Morgan fingerprint density at radius 3 is 2.79 bits per heavy atom. The van der Waals surface area contributed by atoms with E-state index in [0.29, 0.717) is 6.42 Å². The van der Waals surface area contributed by atoms with Crippen LogP contribution in [-0.2, 0) is 4.79 Å². The SMILES string of the molecule is C/C=C/C=N/NC(=O)CCCCCC. The lowest BCUT2D eigenvalue weighted by Gasteiger charge is -1.98. The van der Waals surface area contributed by atoms with Crippen LogP contribution in [0.3, 0.4) is 0 Å². The van der Waals surface area contributed by atoms with Crippen molar-refractivity contribution in [3.63, 3.8) is 0 Å². The van der Waals surface area contributed by atoms with Gasteiger partial charge in [0.05, 0.1) is 0 Å². The van der Waals surface area contributed by atoms with E-state index >= 15 is 0 Å². The molecule has 0 aliphatic heterocycles. The second-order valence-corrected chi connectivity index (χ2v) is 3.15. The third-order valence-electron chi connectivity index (χ3n) is 1.80. The molecule has 0 aliphatic rings. The Morgan fingerprint density at radius 2 is 2.14 bits per heavy atom. The van der Waals surface area contributed by atoms with E-state index in [1.54, 1.807) is 12.3 Å². The Balaban J connectivity index is 3.36. The zero-order chi connectivity index (χ0) is 10.6. The fourth-order valence-corrected chi connectivity index (χ4v) is 1.01. The van der Waals surface area contributed by atoms with Crippen LogP contribution in [-0.4, -0.2) is 12.1 Å². The van der Waals surface area contributed by atoms with Crippen LogP contribution in [0.5, 0.6) is 0 Å². The number of nitrogens with one attached hydrogen (secondary N) is 1. The lowest BCUT2D eigenvalue weighted by molar-refractivity contribution is -0.121. The smallest absolute Gasteiger partial charge is 0.240 e. The summed E-state index contributed by atoms with van der Waals surface area (Å²) in [5.41, 5.74) is 2.47. The summed E-state index contributed by atoms with van der Waals surface area (Å²) in [6.45, 7) is 4.06. The van der Waals surface area contributed by atoms with Gasteiger partial charge in [0, 0.05) is 12.6 Å². The molecule has 3 nitrogen and oxygen atoms in total. The molecule has 3 heteroatoms. The predicted octanol–water partition coefficient (Wildman–Crippen LogP) is 2.63. The molecule has 0 unspecified atom stereocenters. The van der Waals surface area contributed by atoms with Crippen LogP contribution in [0.2, 0.25) is 0 Å². The lowest BCUT2D eigenvalue weighted by atomic mass is 10.1. The van der Waals surface area contributed by atoms with Crippen molar-refractivity contribution in [2.24, 2.45) is 5.10 Å². The van der Waals surface area contributed by atoms with Crippen LogP contribution in [0, 0.1) is 0 Å². The molecule has 0 aliphatic carbocycles. The van der Waals surface area contributed by atoms with Crippen molar-refractivity contribution < 1.29 is 4.79 Å². The van der Waals surface area contributed by atoms with Gasteiger partial charge in [-0.25, -0.2) is 5.43 Å². The highest BCUT2D eigenvalue weighted by Crippen LogP contribution is 2.01. The number of amides is 1. The molecule has 0 saturated heterocycles. The Hall–Kier alpha value is -1.12. The minimum absolute atomic E-state index is 0.00172. The Kier molecular flexibility index (Phi) is 9.17. The molecular weight excluding hydrogens is 176 g/mol. The van der Waals surface area contributed by atoms with Gasteiger partial charge in [0.2, 0.25) is 5.91 Å². The molecule has 0 saturated carbocycles. The van der Waals surface area contributed by atoms with Crippen LogP contribution < -0.4 is 5.43 Å². The quantitative estimate of drug-likeness (QED) is 0.379. The molecule has 0 rings (SSSR count). The summed E-state index contributed by atoms with van der Waals surface area (Å²) in [4.78, 5) is 11.1. The van der Waals surface area contributed by atoms with Gasteiger partial charge >= 0.3 is 0 Å². The van der Waals surface area contributed by atoms with Crippen molar-refractivity contribution in [2.75, 3.05) is 0 Å². The fraction of sp³-hybridized carbons (Fsp3) is 0.636. The number of nitrogens with zero attached hydrogens (tertiary/aromatic N) is 1. The highest BCUT2D eigenvalue weighted by molar-refractivity contribution is 5.78. The first-order valence-electron chi connectivity index (χ1n) is 5.24. The van der Waals surface area contributed by atoms with Gasteiger partial charge < -0.3 is 0 Å². The maximum absolute atomic E-state index is 11.1. The average molecular weight is 196 g/mol. The predicted molar refractivity (Wildman–Crippen MR) is 60.2 cm³/mol. The number of rotatable bonds is 7. The molecule has 0 fully saturated rings. The van der Waals surface area contributed by atoms with Crippen LogP contribution in [0.25, 0.3) is 0 Å². The molecule has 0 aromatic rings. The van der Waals surface area contributed by atoms with Gasteiger partial charge in [-0.3, -0.25) is 4.79 Å². The topological polar surface area (TPSA) is 41.5 Å².